The number of phenolic OH excluding ortho intramolecular Hbond substituents is 1. The van der Waals surface area contributed by atoms with E-state index in [0.717, 1.165) is 12.8 Å². The molecule has 2 fully saturated rings. The van der Waals surface area contributed by atoms with Crippen LogP contribution in [0.2, 0.25) is 0 Å². The second-order valence-corrected chi connectivity index (χ2v) is 4.72. The molecule has 90 valence electrons. The number of rotatable bonds is 1. The van der Waals surface area contributed by atoms with Gasteiger partial charge in [-0.15, -0.1) is 0 Å². The molecule has 17 heavy (non-hydrogen) atoms. The number of nitrogens with zero attached hydrogens (tertiary/aromatic N) is 1. The third kappa shape index (κ3) is 2.00. The smallest absolute Gasteiger partial charge is 0.254 e. The average molecular weight is 233 g/mol. The zero-order valence-corrected chi connectivity index (χ0v) is 9.50. The van der Waals surface area contributed by atoms with Crippen LogP contribution in [-0.2, 0) is 4.74 Å². The summed E-state index contributed by atoms with van der Waals surface area (Å²) in [6, 6.07) is 6.51. The van der Waals surface area contributed by atoms with Crippen LogP contribution < -0.4 is 0 Å². The van der Waals surface area contributed by atoms with Crippen molar-refractivity contribution in [1.29, 1.82) is 0 Å². The molecule has 0 spiro atoms. The first-order valence-corrected chi connectivity index (χ1v) is 5.96. The Morgan fingerprint density at radius 1 is 1.29 bits per heavy atom. The van der Waals surface area contributed by atoms with Crippen LogP contribution in [-0.4, -0.2) is 41.2 Å². The topological polar surface area (TPSA) is 49.8 Å². The predicted octanol–water partition coefficient (Wildman–Crippen LogP) is 1.40. The molecule has 2 heterocycles. The van der Waals surface area contributed by atoms with Gasteiger partial charge < -0.3 is 14.7 Å². The molecular formula is C13H15NO3. The first kappa shape index (κ1) is 10.6. The van der Waals surface area contributed by atoms with Gasteiger partial charge in [0.25, 0.3) is 5.91 Å². The fourth-order valence-corrected chi connectivity index (χ4v) is 2.60. The number of benzene rings is 1. The van der Waals surface area contributed by atoms with Crippen molar-refractivity contribution in [3.05, 3.63) is 29.8 Å². The fraction of sp³-hybridized carbons (Fsp3) is 0.462. The first-order chi connectivity index (χ1) is 8.22. The van der Waals surface area contributed by atoms with Crippen molar-refractivity contribution in [2.45, 2.75) is 25.0 Å². The number of hydrogen-bond acceptors (Lipinski definition) is 3. The molecule has 2 atom stereocenters. The van der Waals surface area contributed by atoms with E-state index in [4.69, 9.17) is 4.74 Å². The van der Waals surface area contributed by atoms with E-state index in [1.54, 1.807) is 18.2 Å². The molecule has 4 nitrogen and oxygen atoms in total. The average Bonchev–Trinajstić information content (AvgIpc) is 2.67. The van der Waals surface area contributed by atoms with Gasteiger partial charge in [0.05, 0.1) is 12.2 Å². The Morgan fingerprint density at radius 3 is 2.65 bits per heavy atom. The van der Waals surface area contributed by atoms with E-state index in [1.165, 1.54) is 6.07 Å². The number of fused-ring (bicyclic) bond motifs is 2. The summed E-state index contributed by atoms with van der Waals surface area (Å²) in [6.07, 6.45) is 2.51. The molecule has 0 aliphatic carbocycles. The lowest BCUT2D eigenvalue weighted by molar-refractivity contribution is -0.0303. The zero-order valence-electron chi connectivity index (χ0n) is 9.50. The summed E-state index contributed by atoms with van der Waals surface area (Å²) in [6.45, 7) is 1.34. The van der Waals surface area contributed by atoms with Gasteiger partial charge in [0.15, 0.2) is 0 Å². The van der Waals surface area contributed by atoms with Crippen LogP contribution in [0.25, 0.3) is 0 Å². The first-order valence-electron chi connectivity index (χ1n) is 5.96. The van der Waals surface area contributed by atoms with E-state index >= 15 is 0 Å². The van der Waals surface area contributed by atoms with Gasteiger partial charge in [-0.1, -0.05) is 6.07 Å². The van der Waals surface area contributed by atoms with Crippen molar-refractivity contribution < 1.29 is 14.6 Å². The lowest BCUT2D eigenvalue weighted by atomic mass is 10.1. The highest BCUT2D eigenvalue weighted by Gasteiger charge is 2.35. The maximum absolute atomic E-state index is 12.2. The van der Waals surface area contributed by atoms with Gasteiger partial charge in [0.1, 0.15) is 5.75 Å². The molecule has 1 aromatic carbocycles. The molecule has 0 saturated carbocycles. The minimum Gasteiger partial charge on any atom is -0.508 e. The summed E-state index contributed by atoms with van der Waals surface area (Å²) >= 11 is 0. The number of carbonyl (C=O) groups is 1. The summed E-state index contributed by atoms with van der Waals surface area (Å²) in [5, 5.41) is 9.38. The molecule has 2 aliphatic heterocycles. The summed E-state index contributed by atoms with van der Waals surface area (Å²) < 4.78 is 5.69. The highest BCUT2D eigenvalue weighted by Crippen LogP contribution is 2.27. The summed E-state index contributed by atoms with van der Waals surface area (Å²) in [4.78, 5) is 14.1. The van der Waals surface area contributed by atoms with Gasteiger partial charge in [-0.05, 0) is 31.0 Å². The van der Waals surface area contributed by atoms with E-state index in [-0.39, 0.29) is 23.9 Å². The third-order valence-electron chi connectivity index (χ3n) is 3.42. The number of morpholine rings is 1. The number of phenols is 1. The molecular weight excluding hydrogens is 218 g/mol. The molecule has 2 saturated heterocycles. The van der Waals surface area contributed by atoms with Crippen LogP contribution in [0.3, 0.4) is 0 Å². The monoisotopic (exact) mass is 233 g/mol. The predicted molar refractivity (Wildman–Crippen MR) is 61.9 cm³/mol. The van der Waals surface area contributed by atoms with Gasteiger partial charge in [0, 0.05) is 18.7 Å². The van der Waals surface area contributed by atoms with Crippen molar-refractivity contribution in [3.63, 3.8) is 0 Å². The maximum atomic E-state index is 12.2. The Bertz CT molecular complexity index is 434. The van der Waals surface area contributed by atoms with Crippen molar-refractivity contribution in [1.82, 2.24) is 4.90 Å². The molecule has 1 N–H and O–H groups in total. The van der Waals surface area contributed by atoms with Gasteiger partial charge in [-0.3, -0.25) is 4.79 Å². The molecule has 0 aromatic heterocycles. The number of aromatic hydroxyl groups is 1. The lowest BCUT2D eigenvalue weighted by Crippen LogP contribution is -2.45. The minimum absolute atomic E-state index is 0.0129. The molecule has 2 aliphatic rings. The van der Waals surface area contributed by atoms with E-state index < -0.39 is 0 Å². The van der Waals surface area contributed by atoms with Crippen LogP contribution in [0.5, 0.6) is 5.75 Å². The molecule has 3 rings (SSSR count). The quantitative estimate of drug-likeness (QED) is 0.797. The van der Waals surface area contributed by atoms with Crippen LogP contribution >= 0.6 is 0 Å². The van der Waals surface area contributed by atoms with Crippen molar-refractivity contribution in [2.24, 2.45) is 0 Å². The molecule has 0 radical (unpaired) electrons. The minimum atomic E-state index is -0.0129. The highest BCUT2D eigenvalue weighted by molar-refractivity contribution is 5.94. The molecule has 4 heteroatoms. The number of likely N-dealkylation sites (tertiary alicyclic amines) is 1. The van der Waals surface area contributed by atoms with E-state index in [1.807, 2.05) is 4.90 Å². The van der Waals surface area contributed by atoms with E-state index in [9.17, 15) is 9.90 Å². The van der Waals surface area contributed by atoms with Crippen LogP contribution in [0.4, 0.5) is 0 Å². The van der Waals surface area contributed by atoms with Gasteiger partial charge in [-0.25, -0.2) is 0 Å². The summed E-state index contributed by atoms with van der Waals surface area (Å²) in [7, 11) is 0. The van der Waals surface area contributed by atoms with Crippen molar-refractivity contribution in [2.75, 3.05) is 13.1 Å². The molecule has 2 bridgehead atoms. The van der Waals surface area contributed by atoms with Crippen LogP contribution in [0.1, 0.15) is 23.2 Å². The summed E-state index contributed by atoms with van der Waals surface area (Å²) in [5.41, 5.74) is 0.548. The van der Waals surface area contributed by atoms with Crippen LogP contribution in [0.15, 0.2) is 24.3 Å². The zero-order chi connectivity index (χ0) is 11.8. The second kappa shape index (κ2) is 4.04. The third-order valence-corrected chi connectivity index (χ3v) is 3.42. The largest absolute Gasteiger partial charge is 0.508 e. The highest BCUT2D eigenvalue weighted by atomic mass is 16.5. The number of carbonyl (C=O) groups excluding carboxylic acids is 1. The van der Waals surface area contributed by atoms with Crippen molar-refractivity contribution >= 4 is 5.91 Å². The van der Waals surface area contributed by atoms with Gasteiger partial charge in [-0.2, -0.15) is 0 Å². The SMILES string of the molecule is O=C(c1cccc(O)c1)N1CC2CCC(C1)O2. The Hall–Kier alpha value is -1.55. The summed E-state index contributed by atoms with van der Waals surface area (Å²) in [5.74, 6) is 0.119. The second-order valence-electron chi connectivity index (χ2n) is 4.72. The normalized spacial score (nSPS) is 27.2. The Balaban J connectivity index is 1.78. The standard InChI is InChI=1S/C13H15NO3/c15-10-3-1-2-9(6-10)13(16)14-7-11-4-5-12(8-14)17-11/h1-3,6,11-12,15H,4-5,7-8H2. The van der Waals surface area contributed by atoms with Gasteiger partial charge in [0.2, 0.25) is 0 Å². The maximum Gasteiger partial charge on any atom is 0.254 e. The van der Waals surface area contributed by atoms with Gasteiger partial charge >= 0.3 is 0 Å². The van der Waals surface area contributed by atoms with E-state index in [0.29, 0.717) is 18.7 Å². The molecule has 2 unspecified atom stereocenters. The number of amides is 1. The number of ether oxygens (including phenoxy) is 1. The lowest BCUT2D eigenvalue weighted by Gasteiger charge is -2.32. The number of hydrogen-bond donors (Lipinski definition) is 1. The molecule has 1 amide bonds. The Morgan fingerprint density at radius 2 is 2.00 bits per heavy atom. The Labute approximate surface area is 99.8 Å². The fourth-order valence-electron chi connectivity index (χ4n) is 2.60. The van der Waals surface area contributed by atoms with Crippen molar-refractivity contribution in [3.8, 4) is 5.75 Å². The van der Waals surface area contributed by atoms with Crippen LogP contribution in [0, 0.1) is 0 Å². The van der Waals surface area contributed by atoms with E-state index in [2.05, 4.69) is 0 Å². The molecule has 1 aromatic rings. The Kier molecular flexibility index (Phi) is 2.52.